The van der Waals surface area contributed by atoms with Gasteiger partial charge in [0.15, 0.2) is 5.16 Å². The van der Waals surface area contributed by atoms with E-state index >= 15 is 0 Å². The molecule has 128 valence electrons. The molecule has 0 radical (unpaired) electrons. The third-order valence-corrected chi connectivity index (χ3v) is 5.70. The first-order valence-electron chi connectivity index (χ1n) is 8.50. The Bertz CT molecular complexity index is 802. The van der Waals surface area contributed by atoms with Crippen molar-refractivity contribution in [2.75, 3.05) is 12.3 Å². The van der Waals surface area contributed by atoms with Crippen molar-refractivity contribution < 1.29 is 4.79 Å². The molecular weight excluding hydrogens is 322 g/mol. The van der Waals surface area contributed by atoms with Gasteiger partial charge in [-0.3, -0.25) is 14.2 Å². The van der Waals surface area contributed by atoms with Gasteiger partial charge in [-0.05, 0) is 37.8 Å². The molecule has 1 aromatic heterocycles. The minimum atomic E-state index is -0.0695. The van der Waals surface area contributed by atoms with Crippen LogP contribution in [0.2, 0.25) is 0 Å². The van der Waals surface area contributed by atoms with Crippen LogP contribution in [0, 0.1) is 0 Å². The molecule has 0 aliphatic carbocycles. The first-order chi connectivity index (χ1) is 11.6. The lowest BCUT2D eigenvalue weighted by atomic mass is 10.0. The monoisotopic (exact) mass is 345 g/mol. The van der Waals surface area contributed by atoms with Crippen LogP contribution in [-0.2, 0) is 11.8 Å². The Kier molecular flexibility index (Phi) is 5.23. The van der Waals surface area contributed by atoms with Gasteiger partial charge in [0.05, 0.1) is 16.7 Å². The van der Waals surface area contributed by atoms with Crippen molar-refractivity contribution in [3.8, 4) is 0 Å². The lowest BCUT2D eigenvalue weighted by molar-refractivity contribution is -0.132. The van der Waals surface area contributed by atoms with Crippen molar-refractivity contribution in [1.82, 2.24) is 14.5 Å². The summed E-state index contributed by atoms with van der Waals surface area (Å²) in [6, 6.07) is 7.68. The lowest BCUT2D eigenvalue weighted by Gasteiger charge is -2.35. The Hall–Kier alpha value is -1.82. The second kappa shape index (κ2) is 7.38. The molecule has 0 N–H and O–H groups in total. The normalized spacial score (nSPS) is 18.1. The molecular formula is C18H23N3O2S. The molecule has 2 aromatic rings. The van der Waals surface area contributed by atoms with E-state index in [-0.39, 0.29) is 11.5 Å². The maximum absolute atomic E-state index is 12.6. The van der Waals surface area contributed by atoms with E-state index in [9.17, 15) is 9.59 Å². The van der Waals surface area contributed by atoms with Crippen molar-refractivity contribution in [2.24, 2.45) is 7.05 Å². The summed E-state index contributed by atoms with van der Waals surface area (Å²) in [4.78, 5) is 31.6. The van der Waals surface area contributed by atoms with E-state index in [4.69, 9.17) is 0 Å². The Labute approximate surface area is 146 Å². The van der Waals surface area contributed by atoms with Crippen molar-refractivity contribution in [1.29, 1.82) is 0 Å². The van der Waals surface area contributed by atoms with Gasteiger partial charge in [-0.2, -0.15) is 0 Å². The van der Waals surface area contributed by atoms with Gasteiger partial charge in [-0.15, -0.1) is 0 Å². The number of thioether (sulfide) groups is 1. The van der Waals surface area contributed by atoms with Crippen LogP contribution in [0.3, 0.4) is 0 Å². The fourth-order valence-corrected chi connectivity index (χ4v) is 4.15. The number of carbonyl (C=O) groups excluding carboxylic acids is 1. The number of carbonyl (C=O) groups is 1. The van der Waals surface area contributed by atoms with Crippen LogP contribution in [0.5, 0.6) is 0 Å². The molecule has 1 fully saturated rings. The van der Waals surface area contributed by atoms with E-state index in [1.54, 1.807) is 13.1 Å². The molecule has 0 bridgehead atoms. The zero-order valence-corrected chi connectivity index (χ0v) is 15.0. The number of aromatic nitrogens is 2. The van der Waals surface area contributed by atoms with Crippen LogP contribution in [0.1, 0.15) is 32.6 Å². The minimum absolute atomic E-state index is 0.0695. The molecule has 1 atom stereocenters. The zero-order valence-electron chi connectivity index (χ0n) is 14.2. The zero-order chi connectivity index (χ0) is 17.1. The molecule has 1 aromatic carbocycles. The van der Waals surface area contributed by atoms with E-state index in [1.807, 2.05) is 23.1 Å². The summed E-state index contributed by atoms with van der Waals surface area (Å²) >= 11 is 1.35. The molecule has 0 saturated carbocycles. The SMILES string of the molecule is CCC1CCCCN1C(=O)CSc1nc2ccccc2c(=O)n1C. The Balaban J connectivity index is 1.77. The number of likely N-dealkylation sites (tertiary alicyclic amines) is 1. The van der Waals surface area contributed by atoms with E-state index in [0.717, 1.165) is 25.8 Å². The van der Waals surface area contributed by atoms with Crippen LogP contribution < -0.4 is 5.56 Å². The number of piperidine rings is 1. The molecule has 1 aliphatic rings. The maximum atomic E-state index is 12.6. The average molecular weight is 345 g/mol. The average Bonchev–Trinajstić information content (AvgIpc) is 2.63. The molecule has 1 unspecified atom stereocenters. The quantitative estimate of drug-likeness (QED) is 0.632. The number of hydrogen-bond acceptors (Lipinski definition) is 4. The summed E-state index contributed by atoms with van der Waals surface area (Å²) in [5.41, 5.74) is 0.611. The number of benzene rings is 1. The summed E-state index contributed by atoms with van der Waals surface area (Å²) in [7, 11) is 1.71. The molecule has 1 amide bonds. The van der Waals surface area contributed by atoms with E-state index in [2.05, 4.69) is 11.9 Å². The summed E-state index contributed by atoms with van der Waals surface area (Å²) in [5.74, 6) is 0.476. The highest BCUT2D eigenvalue weighted by Gasteiger charge is 2.25. The second-order valence-corrected chi connectivity index (χ2v) is 7.15. The van der Waals surface area contributed by atoms with Gasteiger partial charge in [-0.1, -0.05) is 30.8 Å². The van der Waals surface area contributed by atoms with Crippen molar-refractivity contribution in [3.63, 3.8) is 0 Å². The van der Waals surface area contributed by atoms with Crippen molar-refractivity contribution in [3.05, 3.63) is 34.6 Å². The standard InChI is InChI=1S/C18H23N3O2S/c1-3-13-8-6-7-11-21(13)16(22)12-24-18-19-15-10-5-4-9-14(15)17(23)20(18)2/h4-5,9-10,13H,3,6-8,11-12H2,1-2H3. The topological polar surface area (TPSA) is 55.2 Å². The van der Waals surface area contributed by atoms with Gasteiger partial charge >= 0.3 is 0 Å². The molecule has 3 rings (SSSR count). The summed E-state index contributed by atoms with van der Waals surface area (Å²) in [5, 5.41) is 1.20. The highest BCUT2D eigenvalue weighted by atomic mass is 32.2. The molecule has 2 heterocycles. The van der Waals surface area contributed by atoms with Crippen molar-refractivity contribution in [2.45, 2.75) is 43.8 Å². The summed E-state index contributed by atoms with van der Waals surface area (Å²) in [6.07, 6.45) is 4.39. The highest BCUT2D eigenvalue weighted by molar-refractivity contribution is 7.99. The third-order valence-electron chi connectivity index (χ3n) is 4.69. The van der Waals surface area contributed by atoms with E-state index in [0.29, 0.717) is 27.9 Å². The van der Waals surface area contributed by atoms with Crippen molar-refractivity contribution >= 4 is 28.6 Å². The number of amides is 1. The highest BCUT2D eigenvalue weighted by Crippen LogP contribution is 2.22. The summed E-state index contributed by atoms with van der Waals surface area (Å²) < 4.78 is 1.54. The lowest BCUT2D eigenvalue weighted by Crippen LogP contribution is -2.44. The Morgan fingerprint density at radius 3 is 2.92 bits per heavy atom. The molecule has 0 spiro atoms. The molecule has 6 heteroatoms. The molecule has 5 nitrogen and oxygen atoms in total. The number of fused-ring (bicyclic) bond motifs is 1. The van der Waals surface area contributed by atoms with Crippen LogP contribution in [-0.4, -0.2) is 38.7 Å². The van der Waals surface area contributed by atoms with Crippen LogP contribution in [0.4, 0.5) is 0 Å². The first kappa shape index (κ1) is 17.0. The summed E-state index contributed by atoms with van der Waals surface area (Å²) in [6.45, 7) is 2.99. The third kappa shape index (κ3) is 3.34. The molecule has 1 aliphatic heterocycles. The predicted octanol–water partition coefficient (Wildman–Crippen LogP) is 2.82. The van der Waals surface area contributed by atoms with Gasteiger partial charge in [-0.25, -0.2) is 4.98 Å². The predicted molar refractivity (Wildman–Crippen MR) is 97.4 cm³/mol. The van der Waals surface area contributed by atoms with E-state index in [1.165, 1.54) is 22.7 Å². The van der Waals surface area contributed by atoms with Crippen LogP contribution in [0.25, 0.3) is 10.9 Å². The van der Waals surface area contributed by atoms with Gasteiger partial charge in [0.25, 0.3) is 5.56 Å². The molecule has 24 heavy (non-hydrogen) atoms. The van der Waals surface area contributed by atoms with E-state index < -0.39 is 0 Å². The van der Waals surface area contributed by atoms with Gasteiger partial charge in [0.2, 0.25) is 5.91 Å². The Morgan fingerprint density at radius 2 is 2.12 bits per heavy atom. The number of para-hydroxylation sites is 1. The number of rotatable bonds is 4. The largest absolute Gasteiger partial charge is 0.339 e. The first-order valence-corrected chi connectivity index (χ1v) is 9.48. The van der Waals surface area contributed by atoms with Crippen LogP contribution in [0.15, 0.2) is 34.2 Å². The fraction of sp³-hybridized carbons (Fsp3) is 0.500. The van der Waals surface area contributed by atoms with Gasteiger partial charge < -0.3 is 4.90 Å². The maximum Gasteiger partial charge on any atom is 0.261 e. The number of hydrogen-bond donors (Lipinski definition) is 0. The van der Waals surface area contributed by atoms with Crippen LogP contribution >= 0.6 is 11.8 Å². The Morgan fingerprint density at radius 1 is 1.33 bits per heavy atom. The molecule has 1 saturated heterocycles. The fourth-order valence-electron chi connectivity index (χ4n) is 3.29. The van der Waals surface area contributed by atoms with Gasteiger partial charge in [0.1, 0.15) is 0 Å². The smallest absolute Gasteiger partial charge is 0.261 e. The second-order valence-electron chi connectivity index (χ2n) is 6.21. The number of nitrogens with zero attached hydrogens (tertiary/aromatic N) is 3. The van der Waals surface area contributed by atoms with Gasteiger partial charge in [0, 0.05) is 19.6 Å². The minimum Gasteiger partial charge on any atom is -0.339 e.